The number of fused-ring (bicyclic) bond motifs is 3. The number of carbonyl (C=O) groups is 3. The van der Waals surface area contributed by atoms with E-state index in [2.05, 4.69) is 34.9 Å². The molecule has 0 spiro atoms. The van der Waals surface area contributed by atoms with Crippen LogP contribution in [0, 0.1) is 5.92 Å². The van der Waals surface area contributed by atoms with Crippen molar-refractivity contribution in [3.05, 3.63) is 59.7 Å². The summed E-state index contributed by atoms with van der Waals surface area (Å²) in [4.78, 5) is 35.1. The van der Waals surface area contributed by atoms with Gasteiger partial charge in [-0.15, -0.1) is 0 Å². The number of hydrogen-bond acceptors (Lipinski definition) is 6. The van der Waals surface area contributed by atoms with E-state index in [1.165, 1.54) is 0 Å². The number of benzene rings is 2. The van der Waals surface area contributed by atoms with Gasteiger partial charge < -0.3 is 30.3 Å². The smallest absolute Gasteiger partial charge is 0.407 e. The third-order valence-corrected chi connectivity index (χ3v) is 6.27. The van der Waals surface area contributed by atoms with Gasteiger partial charge in [-0.05, 0) is 28.7 Å². The van der Waals surface area contributed by atoms with E-state index in [-0.39, 0.29) is 50.7 Å². The van der Waals surface area contributed by atoms with Gasteiger partial charge in [0.15, 0.2) is 6.10 Å². The highest BCUT2D eigenvalue weighted by Crippen LogP contribution is 2.44. The van der Waals surface area contributed by atoms with Crippen LogP contribution < -0.4 is 10.6 Å². The fourth-order valence-electron chi connectivity index (χ4n) is 4.48. The topological polar surface area (TPSA) is 134 Å². The van der Waals surface area contributed by atoms with Crippen LogP contribution in [0.1, 0.15) is 29.9 Å². The molecule has 3 atom stereocenters. The minimum atomic E-state index is -1.51. The zero-order chi connectivity index (χ0) is 24.1. The van der Waals surface area contributed by atoms with Crippen molar-refractivity contribution in [1.29, 1.82) is 0 Å². The molecule has 180 valence electrons. The van der Waals surface area contributed by atoms with Crippen molar-refractivity contribution >= 4 is 18.0 Å². The number of rotatable bonds is 9. The average Bonchev–Trinajstić information content (AvgIpc) is 3.44. The summed E-state index contributed by atoms with van der Waals surface area (Å²) in [6, 6.07) is 16.2. The molecule has 0 saturated carbocycles. The molecule has 1 aliphatic heterocycles. The largest absolute Gasteiger partial charge is 0.479 e. The van der Waals surface area contributed by atoms with Crippen molar-refractivity contribution in [2.24, 2.45) is 5.92 Å². The summed E-state index contributed by atoms with van der Waals surface area (Å²) in [5.74, 6) is -2.00. The maximum absolute atomic E-state index is 12.3. The molecule has 2 aliphatic rings. The molecule has 2 aromatic carbocycles. The van der Waals surface area contributed by atoms with Crippen LogP contribution in [-0.2, 0) is 19.1 Å². The van der Waals surface area contributed by atoms with E-state index in [0.29, 0.717) is 6.42 Å². The summed E-state index contributed by atoms with van der Waals surface area (Å²) in [5, 5.41) is 23.2. The molecular formula is C25H28N2O7. The molecule has 9 heteroatoms. The minimum absolute atomic E-state index is 0.0198. The molecule has 0 bridgehead atoms. The van der Waals surface area contributed by atoms with E-state index in [9.17, 15) is 19.5 Å². The Hall–Kier alpha value is -3.43. The lowest BCUT2D eigenvalue weighted by atomic mass is 9.98. The van der Waals surface area contributed by atoms with Crippen molar-refractivity contribution < 1.29 is 34.1 Å². The van der Waals surface area contributed by atoms with Crippen LogP contribution in [0.15, 0.2) is 48.5 Å². The maximum Gasteiger partial charge on any atom is 0.407 e. The van der Waals surface area contributed by atoms with Crippen LogP contribution >= 0.6 is 0 Å². The number of amides is 2. The summed E-state index contributed by atoms with van der Waals surface area (Å²) in [6.07, 6.45) is -2.01. The minimum Gasteiger partial charge on any atom is -0.479 e. The summed E-state index contributed by atoms with van der Waals surface area (Å²) in [6.45, 7) is 0.715. The SMILES string of the molecule is O=C(NCC1CC(C(=O)NCCC(O)C(=O)O)CO1)OCC1c2ccccc2-c2ccccc21. The number of aliphatic hydroxyl groups is 1. The number of alkyl carbamates (subject to hydrolysis) is 1. The lowest BCUT2D eigenvalue weighted by Gasteiger charge is -2.16. The fraction of sp³-hybridized carbons (Fsp3) is 0.400. The molecule has 4 rings (SSSR count). The Morgan fingerprint density at radius 1 is 1.03 bits per heavy atom. The van der Waals surface area contributed by atoms with Gasteiger partial charge in [-0.3, -0.25) is 4.79 Å². The number of ether oxygens (including phenoxy) is 2. The quantitative estimate of drug-likeness (QED) is 0.441. The van der Waals surface area contributed by atoms with Crippen molar-refractivity contribution in [2.45, 2.75) is 31.0 Å². The highest BCUT2D eigenvalue weighted by atomic mass is 16.5. The van der Waals surface area contributed by atoms with E-state index in [1.54, 1.807) is 0 Å². The number of aliphatic carboxylic acids is 1. The predicted octanol–water partition coefficient (Wildman–Crippen LogP) is 1.88. The fourth-order valence-corrected chi connectivity index (χ4v) is 4.48. The third-order valence-electron chi connectivity index (χ3n) is 6.27. The highest BCUT2D eigenvalue weighted by Gasteiger charge is 2.32. The molecule has 1 saturated heterocycles. The van der Waals surface area contributed by atoms with Gasteiger partial charge in [0, 0.05) is 25.4 Å². The van der Waals surface area contributed by atoms with Crippen molar-refractivity contribution in [3.8, 4) is 11.1 Å². The molecule has 0 aromatic heterocycles. The maximum atomic E-state index is 12.3. The van der Waals surface area contributed by atoms with Crippen LogP contribution in [0.4, 0.5) is 4.79 Å². The third kappa shape index (κ3) is 5.37. The Kier molecular flexibility index (Phi) is 7.44. The van der Waals surface area contributed by atoms with Gasteiger partial charge in [-0.2, -0.15) is 0 Å². The first kappa shape index (κ1) is 23.7. The second-order valence-corrected chi connectivity index (χ2v) is 8.53. The second kappa shape index (κ2) is 10.7. The first-order valence-electron chi connectivity index (χ1n) is 11.3. The van der Waals surface area contributed by atoms with Gasteiger partial charge in [0.25, 0.3) is 0 Å². The zero-order valence-electron chi connectivity index (χ0n) is 18.6. The summed E-state index contributed by atoms with van der Waals surface area (Å²) in [5.41, 5.74) is 4.60. The molecule has 1 fully saturated rings. The van der Waals surface area contributed by atoms with E-state index in [0.717, 1.165) is 22.3 Å². The Bertz CT molecular complexity index is 1010. The Morgan fingerprint density at radius 3 is 2.32 bits per heavy atom. The zero-order valence-corrected chi connectivity index (χ0v) is 18.6. The van der Waals surface area contributed by atoms with Gasteiger partial charge in [-0.1, -0.05) is 48.5 Å². The molecular weight excluding hydrogens is 440 g/mol. The van der Waals surface area contributed by atoms with Crippen LogP contribution in [0.2, 0.25) is 0 Å². The number of carbonyl (C=O) groups excluding carboxylic acids is 2. The van der Waals surface area contributed by atoms with Gasteiger partial charge in [-0.25, -0.2) is 9.59 Å². The van der Waals surface area contributed by atoms with Crippen LogP contribution in [0.3, 0.4) is 0 Å². The number of nitrogens with one attached hydrogen (secondary N) is 2. The van der Waals surface area contributed by atoms with Crippen LogP contribution in [-0.4, -0.2) is 66.7 Å². The van der Waals surface area contributed by atoms with Crippen molar-refractivity contribution in [3.63, 3.8) is 0 Å². The molecule has 3 unspecified atom stereocenters. The highest BCUT2D eigenvalue weighted by molar-refractivity contribution is 5.80. The molecule has 1 aliphatic carbocycles. The Balaban J connectivity index is 1.20. The molecule has 4 N–H and O–H groups in total. The van der Waals surface area contributed by atoms with E-state index < -0.39 is 24.1 Å². The van der Waals surface area contributed by atoms with Gasteiger partial charge in [0.05, 0.1) is 18.6 Å². The summed E-state index contributed by atoms with van der Waals surface area (Å²) >= 11 is 0. The predicted molar refractivity (Wildman–Crippen MR) is 122 cm³/mol. The van der Waals surface area contributed by atoms with E-state index in [4.69, 9.17) is 14.6 Å². The number of hydrogen-bond donors (Lipinski definition) is 4. The first-order valence-corrected chi connectivity index (χ1v) is 11.3. The van der Waals surface area contributed by atoms with Crippen molar-refractivity contribution in [1.82, 2.24) is 10.6 Å². The monoisotopic (exact) mass is 468 g/mol. The Labute approximate surface area is 197 Å². The average molecular weight is 469 g/mol. The van der Waals surface area contributed by atoms with Crippen molar-refractivity contribution in [2.75, 3.05) is 26.3 Å². The molecule has 9 nitrogen and oxygen atoms in total. The number of carboxylic acids is 1. The lowest BCUT2D eigenvalue weighted by molar-refractivity contribution is -0.147. The molecule has 2 amide bonds. The lowest BCUT2D eigenvalue weighted by Crippen LogP contribution is -2.35. The second-order valence-electron chi connectivity index (χ2n) is 8.53. The van der Waals surface area contributed by atoms with Gasteiger partial charge >= 0.3 is 12.1 Å². The molecule has 2 aromatic rings. The summed E-state index contributed by atoms with van der Waals surface area (Å²) in [7, 11) is 0. The standard InChI is InChI=1S/C25H28N2O7/c28-22(24(30)31)9-10-26-23(29)15-11-16(33-13-15)12-27-25(32)34-14-21-19-7-3-1-5-17(19)18-6-2-4-8-20(18)21/h1-8,15-16,21-22,28H,9-14H2,(H,26,29)(H,27,32)(H,30,31). The van der Waals surface area contributed by atoms with E-state index in [1.807, 2.05) is 24.3 Å². The number of carboxylic acid groups (broad SMARTS) is 1. The van der Waals surface area contributed by atoms with Crippen LogP contribution in [0.5, 0.6) is 0 Å². The van der Waals surface area contributed by atoms with Gasteiger partial charge in [0.1, 0.15) is 6.61 Å². The first-order chi connectivity index (χ1) is 16.4. The normalized spacial score (nSPS) is 19.7. The summed E-state index contributed by atoms with van der Waals surface area (Å²) < 4.78 is 11.1. The molecule has 1 heterocycles. The number of aliphatic hydroxyl groups excluding tert-OH is 1. The Morgan fingerprint density at radius 2 is 1.68 bits per heavy atom. The van der Waals surface area contributed by atoms with Gasteiger partial charge in [0.2, 0.25) is 5.91 Å². The van der Waals surface area contributed by atoms with Crippen LogP contribution in [0.25, 0.3) is 11.1 Å². The molecule has 0 radical (unpaired) electrons. The molecule has 34 heavy (non-hydrogen) atoms. The van der Waals surface area contributed by atoms with E-state index >= 15 is 0 Å².